The smallest absolute Gasteiger partial charge is 0.405 e. The van der Waals surface area contributed by atoms with Gasteiger partial charge in [-0.1, -0.05) is 26.0 Å². The monoisotopic (exact) mass is 516 g/mol. The van der Waals surface area contributed by atoms with E-state index >= 15 is 0 Å². The first kappa shape index (κ1) is 30.6. The maximum absolute atomic E-state index is 12.4. The summed E-state index contributed by atoms with van der Waals surface area (Å²) in [5, 5.41) is 27.0. The molecule has 0 fully saturated rings. The molecule has 0 bridgehead atoms. The van der Waals surface area contributed by atoms with Gasteiger partial charge in [-0.3, -0.25) is 24.0 Å². The minimum atomic E-state index is -1.40. The Kier molecular flexibility index (Phi) is 12.2. The van der Waals surface area contributed by atoms with Crippen LogP contribution in [0.15, 0.2) is 24.3 Å². The second-order valence-corrected chi connectivity index (χ2v) is 8.77. The number of nitrogens with one attached hydrogen (secondary N) is 4. The van der Waals surface area contributed by atoms with Gasteiger partial charge in [-0.15, -0.1) is 0 Å². The number of amides is 5. The van der Waals surface area contributed by atoms with Crippen molar-refractivity contribution in [2.75, 3.05) is 6.54 Å². The summed E-state index contributed by atoms with van der Waals surface area (Å²) in [6.45, 7) is 4.63. The summed E-state index contributed by atoms with van der Waals surface area (Å²) < 4.78 is 0. The van der Waals surface area contributed by atoms with Crippen LogP contribution in [-0.2, 0) is 30.4 Å². The van der Waals surface area contributed by atoms with Crippen LogP contribution in [0.3, 0.4) is 0 Å². The van der Waals surface area contributed by atoms with Crippen LogP contribution in [0.5, 0.6) is 0 Å². The van der Waals surface area contributed by atoms with Gasteiger partial charge in [-0.2, -0.15) is 5.26 Å². The van der Waals surface area contributed by atoms with Crippen molar-refractivity contribution < 1.29 is 33.9 Å². The third kappa shape index (κ3) is 11.2. The van der Waals surface area contributed by atoms with E-state index < -0.39 is 53.6 Å². The minimum absolute atomic E-state index is 0.0140. The highest BCUT2D eigenvalue weighted by Gasteiger charge is 2.28. The van der Waals surface area contributed by atoms with E-state index in [2.05, 4.69) is 21.3 Å². The molecule has 13 nitrogen and oxygen atoms in total. The van der Waals surface area contributed by atoms with E-state index in [9.17, 15) is 28.8 Å². The molecule has 7 N–H and O–H groups in total. The van der Waals surface area contributed by atoms with Crippen LogP contribution in [-0.4, -0.2) is 65.3 Å². The van der Waals surface area contributed by atoms with Gasteiger partial charge >= 0.3 is 6.09 Å². The Balaban J connectivity index is 2.57. The fraction of sp³-hybridized carbons (Fsp3) is 0.458. The van der Waals surface area contributed by atoms with Crippen molar-refractivity contribution >= 4 is 35.5 Å². The summed E-state index contributed by atoms with van der Waals surface area (Å²) in [5.74, 6) is -4.19. The Bertz CT molecular complexity index is 1070. The van der Waals surface area contributed by atoms with Crippen LogP contribution in [0.4, 0.5) is 4.79 Å². The number of hydrogen-bond donors (Lipinski definition) is 6. The quantitative estimate of drug-likeness (QED) is 0.174. The standard InChI is InChI=1S/C24H32N6O7/c1-13(2)9-18(30-24(36)37)22(34)28-14(3)20(32)23(35)27-8-7-19(31)29-17(21(26)33)11-15-5-4-6-16(10-15)12-25/h4-6,10,13-14,17-18,30H,7-9,11H2,1-3H3,(H2,26,33)(H,27,35)(H,28,34)(H,29,31)(H,36,37)/t14?,17?,18-/m0/s1. The lowest BCUT2D eigenvalue weighted by atomic mass is 10.0. The zero-order chi connectivity index (χ0) is 28.1. The lowest BCUT2D eigenvalue weighted by Gasteiger charge is -2.21. The Morgan fingerprint density at radius 3 is 2.27 bits per heavy atom. The molecule has 200 valence electrons. The van der Waals surface area contributed by atoms with Crippen LogP contribution >= 0.6 is 0 Å². The normalized spacial score (nSPS) is 12.8. The molecule has 13 heteroatoms. The van der Waals surface area contributed by atoms with E-state index in [0.717, 1.165) is 0 Å². The lowest BCUT2D eigenvalue weighted by molar-refractivity contribution is -0.140. The fourth-order valence-electron chi connectivity index (χ4n) is 3.30. The maximum Gasteiger partial charge on any atom is 0.405 e. The number of Topliss-reactive ketones (excluding diaryl/α,β-unsaturated/α-hetero) is 1. The Labute approximate surface area is 214 Å². The molecule has 2 unspecified atom stereocenters. The topological polar surface area (TPSA) is 221 Å². The van der Waals surface area contributed by atoms with Crippen molar-refractivity contribution in [2.24, 2.45) is 11.7 Å². The largest absolute Gasteiger partial charge is 0.465 e. The van der Waals surface area contributed by atoms with Crippen LogP contribution in [0.1, 0.15) is 44.7 Å². The van der Waals surface area contributed by atoms with Gasteiger partial charge in [0.1, 0.15) is 12.1 Å². The van der Waals surface area contributed by atoms with E-state index in [1.54, 1.807) is 38.1 Å². The molecule has 0 heterocycles. The molecule has 0 spiro atoms. The Morgan fingerprint density at radius 2 is 1.70 bits per heavy atom. The third-order valence-electron chi connectivity index (χ3n) is 5.11. The summed E-state index contributed by atoms with van der Waals surface area (Å²) in [5.41, 5.74) is 6.37. The van der Waals surface area contributed by atoms with E-state index in [4.69, 9.17) is 16.1 Å². The number of carbonyl (C=O) groups excluding carboxylic acids is 5. The molecule has 0 aliphatic rings. The van der Waals surface area contributed by atoms with Gasteiger partial charge in [0.25, 0.3) is 5.91 Å². The molecule has 5 amide bonds. The average molecular weight is 517 g/mol. The van der Waals surface area contributed by atoms with Gasteiger partial charge < -0.3 is 32.1 Å². The number of carboxylic acid groups (broad SMARTS) is 1. The molecule has 0 aliphatic carbocycles. The van der Waals surface area contributed by atoms with Gasteiger partial charge in [0.2, 0.25) is 23.5 Å². The number of hydrogen-bond acceptors (Lipinski definition) is 7. The molecule has 1 aromatic carbocycles. The van der Waals surface area contributed by atoms with Crippen LogP contribution in [0.2, 0.25) is 0 Å². The van der Waals surface area contributed by atoms with Crippen LogP contribution in [0, 0.1) is 17.2 Å². The first-order chi connectivity index (χ1) is 17.3. The molecule has 0 radical (unpaired) electrons. The first-order valence-corrected chi connectivity index (χ1v) is 11.5. The van der Waals surface area contributed by atoms with Crippen molar-refractivity contribution in [3.8, 4) is 6.07 Å². The average Bonchev–Trinajstić information content (AvgIpc) is 2.81. The number of nitrogens with zero attached hydrogens (tertiary/aromatic N) is 1. The number of carbonyl (C=O) groups is 6. The SMILES string of the molecule is CC(C)C[C@H](NC(=O)O)C(=O)NC(C)C(=O)C(=O)NCCC(=O)NC(Cc1cccc(C#N)c1)C(N)=O. The molecule has 1 rings (SSSR count). The van der Waals surface area contributed by atoms with Crippen molar-refractivity contribution in [3.05, 3.63) is 35.4 Å². The number of benzene rings is 1. The van der Waals surface area contributed by atoms with Gasteiger partial charge in [-0.25, -0.2) is 4.79 Å². The zero-order valence-electron chi connectivity index (χ0n) is 20.9. The summed E-state index contributed by atoms with van der Waals surface area (Å²) in [6.07, 6.45) is -1.41. The Morgan fingerprint density at radius 1 is 1.03 bits per heavy atom. The highest BCUT2D eigenvalue weighted by molar-refractivity contribution is 6.38. The fourth-order valence-corrected chi connectivity index (χ4v) is 3.30. The summed E-state index contributed by atoms with van der Waals surface area (Å²) in [7, 11) is 0. The predicted molar refractivity (Wildman–Crippen MR) is 131 cm³/mol. The second kappa shape index (κ2) is 14.8. The molecule has 0 saturated carbocycles. The summed E-state index contributed by atoms with van der Waals surface area (Å²) >= 11 is 0. The Hall–Kier alpha value is -4.47. The van der Waals surface area contributed by atoms with Crippen LogP contribution < -0.4 is 27.0 Å². The summed E-state index contributed by atoms with van der Waals surface area (Å²) in [6, 6.07) is 5.06. The number of rotatable bonds is 14. The highest BCUT2D eigenvalue weighted by Crippen LogP contribution is 2.08. The van der Waals surface area contributed by atoms with Crippen molar-refractivity contribution in [1.82, 2.24) is 21.3 Å². The second-order valence-electron chi connectivity index (χ2n) is 8.77. The molecule has 37 heavy (non-hydrogen) atoms. The molecule has 0 saturated heterocycles. The zero-order valence-corrected chi connectivity index (χ0v) is 20.9. The molecule has 1 aromatic rings. The number of primary amides is 1. The molecular weight excluding hydrogens is 484 g/mol. The van der Waals surface area contributed by atoms with Gasteiger partial charge in [-0.05, 0) is 37.0 Å². The van der Waals surface area contributed by atoms with E-state index in [1.165, 1.54) is 6.92 Å². The van der Waals surface area contributed by atoms with E-state index in [-0.39, 0.29) is 31.7 Å². The lowest BCUT2D eigenvalue weighted by Crippen LogP contribution is -2.53. The van der Waals surface area contributed by atoms with E-state index in [1.807, 2.05) is 6.07 Å². The minimum Gasteiger partial charge on any atom is -0.465 e. The molecular formula is C24H32N6O7. The van der Waals surface area contributed by atoms with Crippen molar-refractivity contribution in [1.29, 1.82) is 5.26 Å². The molecule has 0 aliphatic heterocycles. The molecule has 0 aromatic heterocycles. The first-order valence-electron chi connectivity index (χ1n) is 11.5. The summed E-state index contributed by atoms with van der Waals surface area (Å²) in [4.78, 5) is 71.7. The van der Waals surface area contributed by atoms with Gasteiger partial charge in [0.15, 0.2) is 0 Å². The van der Waals surface area contributed by atoms with Gasteiger partial charge in [0, 0.05) is 19.4 Å². The van der Waals surface area contributed by atoms with Gasteiger partial charge in [0.05, 0.1) is 17.7 Å². The number of ketones is 1. The predicted octanol–water partition coefficient (Wildman–Crippen LogP) is -0.667. The van der Waals surface area contributed by atoms with Crippen LogP contribution in [0.25, 0.3) is 0 Å². The van der Waals surface area contributed by atoms with Crippen molar-refractivity contribution in [3.63, 3.8) is 0 Å². The third-order valence-corrected chi connectivity index (χ3v) is 5.11. The van der Waals surface area contributed by atoms with Crippen molar-refractivity contribution in [2.45, 2.75) is 58.2 Å². The number of nitriles is 1. The number of nitrogens with two attached hydrogens (primary N) is 1. The highest BCUT2D eigenvalue weighted by atomic mass is 16.4. The molecule has 3 atom stereocenters. The maximum atomic E-state index is 12.4. The van der Waals surface area contributed by atoms with E-state index in [0.29, 0.717) is 11.1 Å².